The van der Waals surface area contributed by atoms with E-state index in [1.54, 1.807) is 25.3 Å². The van der Waals surface area contributed by atoms with Crippen LogP contribution in [0.5, 0.6) is 0 Å². The number of rotatable bonds is 4. The number of benzene rings is 1. The molecule has 0 aliphatic carbocycles. The molecule has 0 bridgehead atoms. The van der Waals surface area contributed by atoms with Crippen LogP contribution >= 0.6 is 0 Å². The van der Waals surface area contributed by atoms with Gasteiger partial charge in [-0.05, 0) is 49.6 Å². The summed E-state index contributed by atoms with van der Waals surface area (Å²) < 4.78 is 45.1. The number of aromatic nitrogens is 1. The monoisotopic (exact) mass is 445 g/mol. The molecule has 2 aromatic rings. The number of hydrogen-bond donors (Lipinski definition) is 1. The van der Waals surface area contributed by atoms with E-state index >= 15 is 0 Å². The molecule has 7 nitrogen and oxygen atoms in total. The quantitative estimate of drug-likeness (QED) is 0.722. The second-order valence-corrected chi connectivity index (χ2v) is 10.8. The lowest BCUT2D eigenvalue weighted by molar-refractivity contribution is 0.0988. The topological polar surface area (TPSA) is 112 Å². The van der Waals surface area contributed by atoms with Crippen LogP contribution in [0.25, 0.3) is 0 Å². The van der Waals surface area contributed by atoms with Gasteiger partial charge in [-0.25, -0.2) is 12.8 Å². The number of nitrogens with two attached hydrogens (primary N) is 1. The van der Waals surface area contributed by atoms with Gasteiger partial charge in [0.2, 0.25) is 0 Å². The Labute approximate surface area is 180 Å². The summed E-state index contributed by atoms with van der Waals surface area (Å²) in [5.74, 6) is -1.26. The van der Waals surface area contributed by atoms with Crippen molar-refractivity contribution in [2.24, 2.45) is 10.7 Å². The summed E-state index contributed by atoms with van der Waals surface area (Å²) in [6.45, 7) is 3.67. The zero-order chi connectivity index (χ0) is 22.4. The highest BCUT2D eigenvalue weighted by atomic mass is 32.2. The van der Waals surface area contributed by atoms with Gasteiger partial charge in [0.05, 0.1) is 12.4 Å². The van der Waals surface area contributed by atoms with Crippen LogP contribution in [0.3, 0.4) is 0 Å². The number of nitrogens with zero attached hydrogens (tertiary/aromatic N) is 2. The molecule has 9 heteroatoms. The molecule has 0 saturated carbocycles. The third-order valence-corrected chi connectivity index (χ3v) is 8.72. The Hall–Kier alpha value is -2.65. The van der Waals surface area contributed by atoms with E-state index < -0.39 is 31.7 Å². The van der Waals surface area contributed by atoms with E-state index in [0.29, 0.717) is 11.3 Å². The van der Waals surface area contributed by atoms with Gasteiger partial charge in [-0.3, -0.25) is 14.8 Å². The van der Waals surface area contributed by atoms with Gasteiger partial charge in [-0.2, -0.15) is 0 Å². The van der Waals surface area contributed by atoms with Gasteiger partial charge in [-0.1, -0.05) is 12.1 Å². The molecular weight excluding hydrogens is 421 g/mol. The molecule has 31 heavy (non-hydrogen) atoms. The second-order valence-electron chi connectivity index (χ2n) is 8.46. The Morgan fingerprint density at radius 2 is 2.06 bits per heavy atom. The van der Waals surface area contributed by atoms with Crippen molar-refractivity contribution in [3.8, 4) is 0 Å². The van der Waals surface area contributed by atoms with E-state index in [2.05, 4.69) is 9.98 Å². The SMILES string of the molecule is Cc1ccc(C(=O)Cc2ccc(F)c([C@]3(C)CS(=O)(=O)[C@]4(CCOC4)C(N)=N3)c2)nc1. The van der Waals surface area contributed by atoms with E-state index in [1.165, 1.54) is 18.2 Å². The predicted molar refractivity (Wildman–Crippen MR) is 114 cm³/mol. The molecule has 1 fully saturated rings. The molecule has 2 atom stereocenters. The number of sulfone groups is 1. The number of Topliss-reactive ketones (excluding diaryl/α,β-unsaturated/α-hetero) is 1. The minimum Gasteiger partial charge on any atom is -0.386 e. The van der Waals surface area contributed by atoms with Crippen molar-refractivity contribution in [2.75, 3.05) is 19.0 Å². The van der Waals surface area contributed by atoms with Gasteiger partial charge in [0, 0.05) is 24.8 Å². The molecule has 2 aliphatic rings. The smallest absolute Gasteiger partial charge is 0.185 e. The Morgan fingerprint density at radius 1 is 1.29 bits per heavy atom. The van der Waals surface area contributed by atoms with Crippen molar-refractivity contribution in [3.05, 3.63) is 64.7 Å². The summed E-state index contributed by atoms with van der Waals surface area (Å²) in [5.41, 5.74) is 6.61. The van der Waals surface area contributed by atoms with E-state index in [4.69, 9.17) is 10.5 Å². The van der Waals surface area contributed by atoms with Crippen LogP contribution in [0.15, 0.2) is 41.5 Å². The number of ketones is 1. The average molecular weight is 446 g/mol. The molecule has 0 amide bonds. The van der Waals surface area contributed by atoms with Gasteiger partial charge in [0.1, 0.15) is 22.9 Å². The standard InChI is InChI=1S/C22H24FN3O4S/c1-14-3-6-18(25-11-14)19(27)10-15-4-5-17(23)16(9-15)21(2)13-31(28,29)22(20(24)26-21)7-8-30-12-22/h3-6,9,11H,7-8,10,12-13H2,1-2H3,(H2,24,26)/t21-,22-/m0/s1. The molecule has 164 valence electrons. The van der Waals surface area contributed by atoms with Gasteiger partial charge in [0.15, 0.2) is 20.4 Å². The fourth-order valence-corrected chi connectivity index (χ4v) is 6.46. The maximum atomic E-state index is 14.8. The molecule has 3 heterocycles. The van der Waals surface area contributed by atoms with Gasteiger partial charge >= 0.3 is 0 Å². The maximum Gasteiger partial charge on any atom is 0.185 e. The number of pyridine rings is 1. The fourth-order valence-electron chi connectivity index (χ4n) is 4.20. The largest absolute Gasteiger partial charge is 0.386 e. The van der Waals surface area contributed by atoms with Crippen molar-refractivity contribution < 1.29 is 22.3 Å². The zero-order valence-electron chi connectivity index (χ0n) is 17.4. The fraction of sp³-hybridized carbons (Fsp3) is 0.409. The molecule has 2 N–H and O–H groups in total. The molecule has 4 rings (SSSR count). The van der Waals surface area contributed by atoms with E-state index in [0.717, 1.165) is 5.56 Å². The lowest BCUT2D eigenvalue weighted by Gasteiger charge is -2.39. The Kier molecular flexibility index (Phi) is 5.21. The molecule has 1 aromatic heterocycles. The Balaban J connectivity index is 1.69. The first-order chi connectivity index (χ1) is 14.6. The maximum absolute atomic E-state index is 14.8. The molecule has 1 spiro atoms. The van der Waals surface area contributed by atoms with Crippen LogP contribution in [0.1, 0.15) is 40.5 Å². The van der Waals surface area contributed by atoms with Crippen LogP contribution in [0.4, 0.5) is 4.39 Å². The second kappa shape index (κ2) is 7.49. The van der Waals surface area contributed by atoms with Gasteiger partial charge in [-0.15, -0.1) is 0 Å². The van der Waals surface area contributed by atoms with Crippen LogP contribution in [0, 0.1) is 12.7 Å². The molecule has 0 radical (unpaired) electrons. The number of aliphatic imine (C=N–C) groups is 1. The Morgan fingerprint density at radius 3 is 2.68 bits per heavy atom. The number of carbonyl (C=O) groups excluding carboxylic acids is 1. The normalized spacial score (nSPS) is 27.3. The van der Waals surface area contributed by atoms with Crippen molar-refractivity contribution in [2.45, 2.75) is 37.0 Å². The summed E-state index contributed by atoms with van der Waals surface area (Å²) >= 11 is 0. The molecule has 1 saturated heterocycles. The van der Waals surface area contributed by atoms with Crippen molar-refractivity contribution in [1.29, 1.82) is 0 Å². The van der Waals surface area contributed by atoms with Crippen molar-refractivity contribution >= 4 is 21.5 Å². The molecule has 1 aromatic carbocycles. The van der Waals surface area contributed by atoms with Crippen molar-refractivity contribution in [3.63, 3.8) is 0 Å². The van der Waals surface area contributed by atoms with Crippen LogP contribution in [-0.4, -0.2) is 48.7 Å². The lowest BCUT2D eigenvalue weighted by atomic mass is 9.90. The minimum absolute atomic E-state index is 0.00312. The number of hydrogen-bond acceptors (Lipinski definition) is 7. The van der Waals surface area contributed by atoms with E-state index in [1.807, 2.05) is 6.92 Å². The van der Waals surface area contributed by atoms with Crippen molar-refractivity contribution in [1.82, 2.24) is 4.98 Å². The number of halogens is 1. The third-order valence-electron chi connectivity index (χ3n) is 6.06. The number of amidine groups is 1. The summed E-state index contributed by atoms with van der Waals surface area (Å²) in [5, 5.41) is 0. The van der Waals surface area contributed by atoms with Crippen LogP contribution in [0.2, 0.25) is 0 Å². The van der Waals surface area contributed by atoms with Gasteiger partial charge < -0.3 is 10.5 Å². The zero-order valence-corrected chi connectivity index (χ0v) is 18.2. The number of ether oxygens (including phenoxy) is 1. The molecular formula is C22H24FN3O4S. The summed E-state index contributed by atoms with van der Waals surface area (Å²) in [6, 6.07) is 7.67. The molecule has 2 aliphatic heterocycles. The summed E-state index contributed by atoms with van der Waals surface area (Å²) in [7, 11) is -3.75. The summed E-state index contributed by atoms with van der Waals surface area (Å²) in [4.78, 5) is 21.2. The average Bonchev–Trinajstić information content (AvgIpc) is 3.20. The highest BCUT2D eigenvalue weighted by Crippen LogP contribution is 2.41. The Bertz CT molecular complexity index is 1170. The first kappa shape index (κ1) is 21.6. The minimum atomic E-state index is -3.75. The first-order valence-electron chi connectivity index (χ1n) is 9.97. The lowest BCUT2D eigenvalue weighted by Crippen LogP contribution is -2.58. The van der Waals surface area contributed by atoms with Crippen LogP contribution in [-0.2, 0) is 26.5 Å². The third kappa shape index (κ3) is 3.65. The molecule has 0 unspecified atom stereocenters. The number of aryl methyl sites for hydroxylation is 1. The predicted octanol–water partition coefficient (Wildman–Crippen LogP) is 2.11. The highest BCUT2D eigenvalue weighted by Gasteiger charge is 2.57. The first-order valence-corrected chi connectivity index (χ1v) is 11.6. The highest BCUT2D eigenvalue weighted by molar-refractivity contribution is 7.93. The number of carbonyl (C=O) groups is 1. The van der Waals surface area contributed by atoms with E-state index in [-0.39, 0.29) is 43.2 Å². The summed E-state index contributed by atoms with van der Waals surface area (Å²) in [6.07, 6.45) is 1.85. The van der Waals surface area contributed by atoms with E-state index in [9.17, 15) is 17.6 Å². The van der Waals surface area contributed by atoms with Gasteiger partial charge in [0.25, 0.3) is 0 Å². The van der Waals surface area contributed by atoms with Crippen LogP contribution < -0.4 is 5.73 Å².